The molecule has 0 heterocycles. The lowest BCUT2D eigenvalue weighted by Gasteiger charge is -2.21. The van der Waals surface area contributed by atoms with Crippen LogP contribution in [-0.2, 0) is 10.2 Å². The molecule has 0 bridgehead atoms. The number of amides is 1. The van der Waals surface area contributed by atoms with Gasteiger partial charge in [0.2, 0.25) is 0 Å². The number of rotatable bonds is 5. The summed E-state index contributed by atoms with van der Waals surface area (Å²) in [6.45, 7) is 10.3. The van der Waals surface area contributed by atoms with Gasteiger partial charge in [0.25, 0.3) is 5.91 Å². The van der Waals surface area contributed by atoms with Gasteiger partial charge in [-0.25, -0.2) is 0 Å². The highest BCUT2D eigenvalue weighted by molar-refractivity contribution is 6.30. The van der Waals surface area contributed by atoms with Crippen LogP contribution in [0.3, 0.4) is 0 Å². The number of hydrogen-bond donors (Lipinski definition) is 1. The van der Waals surface area contributed by atoms with Gasteiger partial charge < -0.3 is 10.1 Å². The van der Waals surface area contributed by atoms with Crippen molar-refractivity contribution >= 4 is 23.2 Å². The summed E-state index contributed by atoms with van der Waals surface area (Å²) in [5.74, 6) is 0.538. The molecule has 2 aromatic rings. The zero-order valence-electron chi connectivity index (χ0n) is 15.5. The topological polar surface area (TPSA) is 38.3 Å². The predicted molar refractivity (Wildman–Crippen MR) is 105 cm³/mol. The number of carbonyl (C=O) groups excluding carboxylic acids is 1. The lowest BCUT2D eigenvalue weighted by molar-refractivity contribution is -0.122. The molecule has 0 aliphatic rings. The Kier molecular flexibility index (Phi) is 6.12. The van der Waals surface area contributed by atoms with Gasteiger partial charge in [-0.15, -0.1) is 0 Å². The molecule has 4 heteroatoms. The number of aryl methyl sites for hydroxylation is 1. The molecule has 0 spiro atoms. The van der Waals surface area contributed by atoms with E-state index < -0.39 is 6.10 Å². The second-order valence-electron chi connectivity index (χ2n) is 7.24. The van der Waals surface area contributed by atoms with E-state index in [1.165, 1.54) is 5.56 Å². The molecule has 0 unspecified atom stereocenters. The summed E-state index contributed by atoms with van der Waals surface area (Å²) in [6.07, 6.45) is 0.0371. The average Bonchev–Trinajstić information content (AvgIpc) is 2.54. The normalized spacial score (nSPS) is 12.6. The van der Waals surface area contributed by atoms with Crippen LogP contribution < -0.4 is 10.1 Å². The third kappa shape index (κ3) is 5.23. The number of ether oxygens (including phenoxy) is 1. The van der Waals surface area contributed by atoms with Crippen molar-refractivity contribution in [1.29, 1.82) is 0 Å². The molecule has 1 atom stereocenters. The number of nitrogens with one attached hydrogen (secondary N) is 1. The highest BCUT2D eigenvalue weighted by Gasteiger charge is 2.20. The SMILES string of the molecule is CC[C@@H](Oc1ccc(C(C)(C)C)cc1)C(=O)Nc1ccc(Cl)cc1C. The molecule has 2 rings (SSSR count). The number of hydrogen-bond acceptors (Lipinski definition) is 2. The smallest absolute Gasteiger partial charge is 0.265 e. The number of halogens is 1. The van der Waals surface area contributed by atoms with E-state index in [4.69, 9.17) is 16.3 Å². The largest absolute Gasteiger partial charge is 0.481 e. The molecular formula is C21H26ClNO2. The first-order chi connectivity index (χ1) is 11.7. The lowest BCUT2D eigenvalue weighted by Crippen LogP contribution is -2.32. The molecule has 0 saturated heterocycles. The summed E-state index contributed by atoms with van der Waals surface area (Å²) < 4.78 is 5.89. The zero-order chi connectivity index (χ0) is 18.6. The van der Waals surface area contributed by atoms with Crippen LogP contribution in [0.5, 0.6) is 5.75 Å². The van der Waals surface area contributed by atoms with Gasteiger partial charge in [-0.2, -0.15) is 0 Å². The minimum absolute atomic E-state index is 0.0895. The monoisotopic (exact) mass is 359 g/mol. The Morgan fingerprint density at radius 2 is 1.80 bits per heavy atom. The van der Waals surface area contributed by atoms with E-state index in [1.807, 2.05) is 44.2 Å². The Morgan fingerprint density at radius 1 is 1.16 bits per heavy atom. The van der Waals surface area contributed by atoms with Gasteiger partial charge in [0, 0.05) is 10.7 Å². The molecule has 0 radical (unpaired) electrons. The first-order valence-corrected chi connectivity index (χ1v) is 8.92. The van der Waals surface area contributed by atoms with Crippen molar-refractivity contribution < 1.29 is 9.53 Å². The molecule has 0 aliphatic carbocycles. The van der Waals surface area contributed by atoms with E-state index in [0.29, 0.717) is 17.2 Å². The van der Waals surface area contributed by atoms with Crippen LogP contribution in [0.4, 0.5) is 5.69 Å². The summed E-state index contributed by atoms with van der Waals surface area (Å²) in [5.41, 5.74) is 2.99. The van der Waals surface area contributed by atoms with Crippen LogP contribution in [0.2, 0.25) is 5.02 Å². The third-order valence-corrected chi connectivity index (χ3v) is 4.34. The van der Waals surface area contributed by atoms with E-state index in [1.54, 1.807) is 12.1 Å². The third-order valence-electron chi connectivity index (χ3n) is 4.11. The molecule has 25 heavy (non-hydrogen) atoms. The molecule has 134 valence electrons. The standard InChI is InChI=1S/C21H26ClNO2/c1-6-19(20(24)23-18-12-9-16(22)13-14(18)2)25-17-10-7-15(8-11-17)21(3,4)5/h7-13,19H,6H2,1-5H3,(H,23,24)/t19-/m1/s1. The number of benzene rings is 2. The molecule has 1 amide bonds. The van der Waals surface area contributed by atoms with Gasteiger partial charge in [0.1, 0.15) is 5.75 Å². The average molecular weight is 360 g/mol. The zero-order valence-corrected chi connectivity index (χ0v) is 16.3. The van der Waals surface area contributed by atoms with E-state index in [-0.39, 0.29) is 11.3 Å². The van der Waals surface area contributed by atoms with E-state index in [2.05, 4.69) is 26.1 Å². The fraction of sp³-hybridized carbons (Fsp3) is 0.381. The summed E-state index contributed by atoms with van der Waals surface area (Å²) in [4.78, 5) is 12.5. The summed E-state index contributed by atoms with van der Waals surface area (Å²) in [5, 5.41) is 3.57. The van der Waals surface area contributed by atoms with E-state index >= 15 is 0 Å². The Balaban J connectivity index is 2.07. The van der Waals surface area contributed by atoms with Gasteiger partial charge in [-0.3, -0.25) is 4.79 Å². The lowest BCUT2D eigenvalue weighted by atomic mass is 9.87. The molecule has 1 N–H and O–H groups in total. The molecule has 0 aliphatic heterocycles. The maximum absolute atomic E-state index is 12.5. The van der Waals surface area contributed by atoms with E-state index in [0.717, 1.165) is 11.3 Å². The summed E-state index contributed by atoms with van der Waals surface area (Å²) in [7, 11) is 0. The van der Waals surface area contributed by atoms with Crippen molar-refractivity contribution in [1.82, 2.24) is 0 Å². The number of carbonyl (C=O) groups is 1. The van der Waals surface area contributed by atoms with Crippen molar-refractivity contribution in [2.45, 2.75) is 52.6 Å². The van der Waals surface area contributed by atoms with Crippen molar-refractivity contribution in [3.63, 3.8) is 0 Å². The van der Waals surface area contributed by atoms with Gasteiger partial charge in [-0.05, 0) is 60.2 Å². The first-order valence-electron chi connectivity index (χ1n) is 8.55. The Hall–Kier alpha value is -2.00. The molecular weight excluding hydrogens is 334 g/mol. The Bertz CT molecular complexity index is 733. The fourth-order valence-corrected chi connectivity index (χ4v) is 2.73. The molecule has 0 aromatic heterocycles. The van der Waals surface area contributed by atoms with E-state index in [9.17, 15) is 4.79 Å². The highest BCUT2D eigenvalue weighted by atomic mass is 35.5. The van der Waals surface area contributed by atoms with Crippen molar-refractivity contribution in [2.24, 2.45) is 0 Å². The fourth-order valence-electron chi connectivity index (χ4n) is 2.50. The minimum atomic E-state index is -0.546. The second-order valence-corrected chi connectivity index (χ2v) is 7.67. The first kappa shape index (κ1) is 19.3. The molecule has 0 fully saturated rings. The van der Waals surface area contributed by atoms with Crippen LogP contribution in [0.15, 0.2) is 42.5 Å². The summed E-state index contributed by atoms with van der Waals surface area (Å²) in [6, 6.07) is 13.3. The molecule has 3 nitrogen and oxygen atoms in total. The maximum atomic E-state index is 12.5. The van der Waals surface area contributed by atoms with Crippen LogP contribution in [0.1, 0.15) is 45.2 Å². The van der Waals surface area contributed by atoms with Gasteiger partial charge in [0.05, 0.1) is 0 Å². The molecule has 0 saturated carbocycles. The highest BCUT2D eigenvalue weighted by Crippen LogP contribution is 2.25. The second kappa shape index (κ2) is 7.92. The van der Waals surface area contributed by atoms with Crippen molar-refractivity contribution in [3.05, 3.63) is 58.6 Å². The van der Waals surface area contributed by atoms with Gasteiger partial charge in [-0.1, -0.05) is 51.4 Å². The van der Waals surface area contributed by atoms with Crippen molar-refractivity contribution in [3.8, 4) is 5.75 Å². The maximum Gasteiger partial charge on any atom is 0.265 e. The van der Waals surface area contributed by atoms with Crippen LogP contribution >= 0.6 is 11.6 Å². The van der Waals surface area contributed by atoms with Crippen LogP contribution in [-0.4, -0.2) is 12.0 Å². The quantitative estimate of drug-likeness (QED) is 0.738. The van der Waals surface area contributed by atoms with Gasteiger partial charge >= 0.3 is 0 Å². The Morgan fingerprint density at radius 3 is 2.32 bits per heavy atom. The van der Waals surface area contributed by atoms with Crippen LogP contribution in [0, 0.1) is 6.92 Å². The van der Waals surface area contributed by atoms with Crippen molar-refractivity contribution in [2.75, 3.05) is 5.32 Å². The Labute approximate surface area is 155 Å². The number of anilines is 1. The predicted octanol–water partition coefficient (Wildman–Crippen LogP) is 5.74. The summed E-state index contributed by atoms with van der Waals surface area (Å²) >= 11 is 5.96. The molecule has 2 aromatic carbocycles. The van der Waals surface area contributed by atoms with Gasteiger partial charge in [0.15, 0.2) is 6.10 Å². The minimum Gasteiger partial charge on any atom is -0.481 e. The van der Waals surface area contributed by atoms with Crippen LogP contribution in [0.25, 0.3) is 0 Å².